The highest BCUT2D eigenvalue weighted by molar-refractivity contribution is 7.89. The van der Waals surface area contributed by atoms with Crippen molar-refractivity contribution in [2.75, 3.05) is 6.61 Å². The minimum atomic E-state index is -4.12. The topological polar surface area (TPSA) is 79.3 Å². The van der Waals surface area contributed by atoms with Gasteiger partial charge in [0.2, 0.25) is 5.03 Å². The largest absolute Gasteiger partial charge is 0.395 e. The van der Waals surface area contributed by atoms with E-state index < -0.39 is 33.5 Å². The van der Waals surface area contributed by atoms with Gasteiger partial charge in [0.1, 0.15) is 0 Å². The average molecular weight is 310 g/mol. The van der Waals surface area contributed by atoms with Crippen LogP contribution in [0.25, 0.3) is 0 Å². The second-order valence-corrected chi connectivity index (χ2v) is 6.11. The molecule has 112 valence electrons. The highest BCUT2D eigenvalue weighted by atomic mass is 32.2. The van der Waals surface area contributed by atoms with Gasteiger partial charge >= 0.3 is 0 Å². The zero-order valence-electron chi connectivity index (χ0n) is 11.1. The third-order valence-electron chi connectivity index (χ3n) is 2.85. The van der Waals surface area contributed by atoms with Crippen molar-refractivity contribution in [3.05, 3.63) is 60.0 Å². The molecule has 5 nitrogen and oxygen atoms in total. The van der Waals surface area contributed by atoms with Crippen molar-refractivity contribution in [1.82, 2.24) is 9.71 Å². The molecular weight excluding hydrogens is 295 g/mol. The van der Waals surface area contributed by atoms with E-state index in [9.17, 15) is 17.9 Å². The predicted octanol–water partition coefficient (Wildman–Crippen LogP) is 1.10. The number of nitrogens with one attached hydrogen (secondary N) is 1. The number of hydrogen-bond donors (Lipinski definition) is 2. The fourth-order valence-electron chi connectivity index (χ4n) is 1.89. The second kappa shape index (κ2) is 6.75. The maximum Gasteiger partial charge on any atom is 0.261 e. The number of aliphatic hydroxyl groups excluding tert-OH is 1. The van der Waals surface area contributed by atoms with Gasteiger partial charge in [-0.1, -0.05) is 30.3 Å². The van der Waals surface area contributed by atoms with Crippen molar-refractivity contribution in [2.45, 2.75) is 17.5 Å². The van der Waals surface area contributed by atoms with Gasteiger partial charge in [-0.05, 0) is 24.1 Å². The van der Waals surface area contributed by atoms with Crippen molar-refractivity contribution in [3.8, 4) is 0 Å². The van der Waals surface area contributed by atoms with Gasteiger partial charge in [0.25, 0.3) is 10.0 Å². The maximum atomic E-state index is 13.5. The third-order valence-corrected chi connectivity index (χ3v) is 4.30. The molecule has 7 heteroatoms. The van der Waals surface area contributed by atoms with Crippen LogP contribution in [0.15, 0.2) is 53.7 Å². The molecule has 0 aliphatic rings. The Morgan fingerprint density at radius 1 is 1.19 bits per heavy atom. The first-order valence-electron chi connectivity index (χ1n) is 6.30. The molecular formula is C14H15FN2O3S. The van der Waals surface area contributed by atoms with E-state index in [1.54, 1.807) is 0 Å². The van der Waals surface area contributed by atoms with E-state index in [-0.39, 0.29) is 0 Å². The maximum absolute atomic E-state index is 13.5. The van der Waals surface area contributed by atoms with Crippen LogP contribution in [-0.2, 0) is 16.4 Å². The van der Waals surface area contributed by atoms with E-state index in [1.807, 2.05) is 30.3 Å². The van der Waals surface area contributed by atoms with Crippen molar-refractivity contribution < 1.29 is 17.9 Å². The van der Waals surface area contributed by atoms with Gasteiger partial charge < -0.3 is 5.11 Å². The molecule has 0 bridgehead atoms. The first kappa shape index (κ1) is 15.6. The molecule has 0 radical (unpaired) electrons. The lowest BCUT2D eigenvalue weighted by Crippen LogP contribution is -2.39. The van der Waals surface area contributed by atoms with Crippen LogP contribution in [0.2, 0.25) is 0 Å². The summed E-state index contributed by atoms with van der Waals surface area (Å²) in [7, 11) is -4.12. The monoisotopic (exact) mass is 310 g/mol. The number of aliphatic hydroxyl groups is 1. The summed E-state index contributed by atoms with van der Waals surface area (Å²) in [5.41, 5.74) is 0.862. The Morgan fingerprint density at radius 3 is 2.52 bits per heavy atom. The molecule has 1 atom stereocenters. The van der Waals surface area contributed by atoms with Gasteiger partial charge in [-0.25, -0.2) is 22.5 Å². The molecule has 21 heavy (non-hydrogen) atoms. The van der Waals surface area contributed by atoms with Gasteiger partial charge in [-0.3, -0.25) is 0 Å². The van der Waals surface area contributed by atoms with Gasteiger partial charge in [0.15, 0.2) is 5.82 Å². The van der Waals surface area contributed by atoms with Crippen LogP contribution in [0, 0.1) is 5.82 Å². The molecule has 0 spiro atoms. The lowest BCUT2D eigenvalue weighted by atomic mass is 10.1. The number of hydrogen-bond acceptors (Lipinski definition) is 4. The SMILES string of the molecule is O=S(=O)(N[C@H](CO)Cc1ccccc1)c1ncccc1F. The molecule has 0 saturated carbocycles. The Bertz CT molecular complexity index is 692. The molecule has 0 aliphatic carbocycles. The third kappa shape index (κ3) is 4.07. The Hall–Kier alpha value is -1.83. The molecule has 2 aromatic rings. The number of pyridine rings is 1. The number of sulfonamides is 1. The number of nitrogens with zero attached hydrogens (tertiary/aromatic N) is 1. The summed E-state index contributed by atoms with van der Waals surface area (Å²) in [4.78, 5) is 3.54. The molecule has 0 amide bonds. The zero-order chi connectivity index (χ0) is 15.3. The Morgan fingerprint density at radius 2 is 1.90 bits per heavy atom. The Kier molecular flexibility index (Phi) is 5.00. The smallest absolute Gasteiger partial charge is 0.261 e. The molecule has 1 aromatic carbocycles. The molecule has 0 saturated heterocycles. The van der Waals surface area contributed by atoms with E-state index in [2.05, 4.69) is 9.71 Å². The van der Waals surface area contributed by atoms with Crippen LogP contribution in [0.5, 0.6) is 0 Å². The summed E-state index contributed by atoms with van der Waals surface area (Å²) in [6.07, 6.45) is 1.49. The number of aromatic nitrogens is 1. The molecule has 0 unspecified atom stereocenters. The van der Waals surface area contributed by atoms with Gasteiger partial charge in [-0.2, -0.15) is 0 Å². The zero-order valence-corrected chi connectivity index (χ0v) is 11.9. The van der Waals surface area contributed by atoms with Gasteiger partial charge in [0, 0.05) is 12.2 Å². The quantitative estimate of drug-likeness (QED) is 0.837. The number of rotatable bonds is 6. The molecule has 0 aliphatic heterocycles. The highest BCUT2D eigenvalue weighted by Crippen LogP contribution is 2.12. The second-order valence-electron chi connectivity index (χ2n) is 4.48. The van der Waals surface area contributed by atoms with E-state index in [4.69, 9.17) is 0 Å². The Labute approximate surface area is 122 Å². The van der Waals surface area contributed by atoms with Crippen LogP contribution in [0.1, 0.15) is 5.56 Å². The molecule has 1 aromatic heterocycles. The lowest BCUT2D eigenvalue weighted by Gasteiger charge is -2.16. The van der Waals surface area contributed by atoms with E-state index >= 15 is 0 Å². The number of benzene rings is 1. The minimum Gasteiger partial charge on any atom is -0.395 e. The van der Waals surface area contributed by atoms with Crippen molar-refractivity contribution in [3.63, 3.8) is 0 Å². The van der Waals surface area contributed by atoms with Crippen LogP contribution in [-0.4, -0.2) is 31.2 Å². The summed E-state index contributed by atoms with van der Waals surface area (Å²) in [6, 6.07) is 10.7. The highest BCUT2D eigenvalue weighted by Gasteiger charge is 2.24. The van der Waals surface area contributed by atoms with Crippen LogP contribution in [0.3, 0.4) is 0 Å². The molecule has 2 rings (SSSR count). The Balaban J connectivity index is 2.16. The van der Waals surface area contributed by atoms with Crippen molar-refractivity contribution in [1.29, 1.82) is 0 Å². The van der Waals surface area contributed by atoms with Crippen LogP contribution >= 0.6 is 0 Å². The molecule has 2 N–H and O–H groups in total. The van der Waals surface area contributed by atoms with E-state index in [1.165, 1.54) is 12.3 Å². The van der Waals surface area contributed by atoms with Gasteiger partial charge in [-0.15, -0.1) is 0 Å². The summed E-state index contributed by atoms with van der Waals surface area (Å²) in [5, 5.41) is 8.66. The summed E-state index contributed by atoms with van der Waals surface area (Å²) in [5.74, 6) is -0.929. The lowest BCUT2D eigenvalue weighted by molar-refractivity contribution is 0.256. The number of halogens is 1. The summed E-state index contributed by atoms with van der Waals surface area (Å²) < 4.78 is 40.0. The van der Waals surface area contributed by atoms with E-state index in [0.717, 1.165) is 11.6 Å². The summed E-state index contributed by atoms with van der Waals surface area (Å²) in [6.45, 7) is -0.400. The minimum absolute atomic E-state index is 0.297. The predicted molar refractivity (Wildman–Crippen MR) is 75.5 cm³/mol. The summed E-state index contributed by atoms with van der Waals surface area (Å²) >= 11 is 0. The van der Waals surface area contributed by atoms with Crippen LogP contribution < -0.4 is 4.72 Å². The average Bonchev–Trinajstić information content (AvgIpc) is 2.47. The first-order chi connectivity index (χ1) is 10.0. The first-order valence-corrected chi connectivity index (χ1v) is 7.79. The normalized spacial score (nSPS) is 13.0. The van der Waals surface area contributed by atoms with Gasteiger partial charge in [0.05, 0.1) is 6.61 Å². The van der Waals surface area contributed by atoms with Crippen LogP contribution in [0.4, 0.5) is 4.39 Å². The fourth-order valence-corrected chi connectivity index (χ4v) is 3.12. The van der Waals surface area contributed by atoms with Crippen molar-refractivity contribution in [2.24, 2.45) is 0 Å². The molecule has 0 fully saturated rings. The van der Waals surface area contributed by atoms with E-state index in [0.29, 0.717) is 6.42 Å². The molecule has 1 heterocycles. The van der Waals surface area contributed by atoms with Crippen molar-refractivity contribution >= 4 is 10.0 Å². The fraction of sp³-hybridized carbons (Fsp3) is 0.214. The standard InChI is InChI=1S/C14H15FN2O3S/c15-13-7-4-8-16-14(13)21(19,20)17-12(10-18)9-11-5-2-1-3-6-11/h1-8,12,17-18H,9-10H2/t12-/m0/s1.